The Kier molecular flexibility index (Phi) is 3.50. The normalized spacial score (nSPS) is 10.8. The van der Waals surface area contributed by atoms with E-state index in [-0.39, 0.29) is 5.69 Å². The van der Waals surface area contributed by atoms with Gasteiger partial charge in [0.2, 0.25) is 0 Å². The van der Waals surface area contributed by atoms with Gasteiger partial charge in [-0.15, -0.1) is 0 Å². The summed E-state index contributed by atoms with van der Waals surface area (Å²) in [6.07, 6.45) is -0.508. The Labute approximate surface area is 80.8 Å². The standard InChI is InChI=1S/C7H7N2O4P/c10-9(11)8(6-14(12)13)7-4-2-1-3-5-7/h1-5H,6H2/p+1. The Bertz CT molecular complexity index is 343. The van der Waals surface area contributed by atoms with Gasteiger partial charge in [0.05, 0.1) is 0 Å². The van der Waals surface area contributed by atoms with Gasteiger partial charge in [0.1, 0.15) is 5.69 Å². The Morgan fingerprint density at radius 1 is 1.43 bits per heavy atom. The Morgan fingerprint density at radius 3 is 2.43 bits per heavy atom. The minimum Gasteiger partial charge on any atom is -0.234 e. The highest BCUT2D eigenvalue weighted by atomic mass is 31.1. The summed E-state index contributed by atoms with van der Waals surface area (Å²) in [4.78, 5) is 19.1. The average molecular weight is 215 g/mol. The molecule has 0 amide bonds. The molecule has 0 radical (unpaired) electrons. The van der Waals surface area contributed by atoms with Gasteiger partial charge in [-0.1, -0.05) is 18.2 Å². The monoisotopic (exact) mass is 215 g/mol. The molecule has 0 aliphatic heterocycles. The fourth-order valence-electron chi connectivity index (χ4n) is 0.942. The molecule has 1 atom stereocenters. The van der Waals surface area contributed by atoms with E-state index in [0.717, 1.165) is 0 Å². The predicted molar refractivity (Wildman–Crippen MR) is 50.6 cm³/mol. The molecule has 0 fully saturated rings. The third-order valence-electron chi connectivity index (χ3n) is 1.51. The van der Waals surface area contributed by atoms with Crippen molar-refractivity contribution in [2.24, 2.45) is 0 Å². The summed E-state index contributed by atoms with van der Waals surface area (Å²) >= 11 is 0. The second-order valence-corrected chi connectivity index (χ2v) is 3.45. The van der Waals surface area contributed by atoms with Crippen molar-refractivity contribution in [3.63, 3.8) is 0 Å². The lowest BCUT2D eigenvalue weighted by molar-refractivity contribution is -0.492. The van der Waals surface area contributed by atoms with E-state index in [0.29, 0.717) is 5.01 Å². The first-order valence-corrected chi connectivity index (χ1v) is 5.11. The van der Waals surface area contributed by atoms with Crippen molar-refractivity contribution in [1.29, 1.82) is 0 Å². The van der Waals surface area contributed by atoms with Gasteiger partial charge in [-0.05, 0) is 21.7 Å². The second-order valence-electron chi connectivity index (χ2n) is 2.47. The van der Waals surface area contributed by atoms with Crippen molar-refractivity contribution in [2.75, 3.05) is 11.3 Å². The zero-order valence-corrected chi connectivity index (χ0v) is 8.00. The molecule has 0 spiro atoms. The van der Waals surface area contributed by atoms with Crippen molar-refractivity contribution in [3.8, 4) is 0 Å². The largest absolute Gasteiger partial charge is 0.533 e. The van der Waals surface area contributed by atoms with Crippen LogP contribution in [0.4, 0.5) is 5.69 Å². The summed E-state index contributed by atoms with van der Waals surface area (Å²) in [6.45, 7) is 0. The topological polar surface area (TPSA) is 83.7 Å². The van der Waals surface area contributed by atoms with E-state index in [1.54, 1.807) is 18.2 Å². The summed E-state index contributed by atoms with van der Waals surface area (Å²) in [6, 6.07) is 7.95. The van der Waals surface area contributed by atoms with Gasteiger partial charge in [0, 0.05) is 0 Å². The highest BCUT2D eigenvalue weighted by molar-refractivity contribution is 7.38. The van der Waals surface area contributed by atoms with Crippen LogP contribution in [0.1, 0.15) is 0 Å². The van der Waals surface area contributed by atoms with E-state index in [2.05, 4.69) is 0 Å². The van der Waals surface area contributed by atoms with Gasteiger partial charge in [-0.25, -0.2) is 10.1 Å². The van der Waals surface area contributed by atoms with Crippen LogP contribution in [0.2, 0.25) is 0 Å². The summed E-state index contributed by atoms with van der Waals surface area (Å²) in [5.74, 6) is 0. The minimum absolute atomic E-state index is 0.287. The molecule has 0 saturated carbocycles. The van der Waals surface area contributed by atoms with E-state index < -0.39 is 19.3 Å². The quantitative estimate of drug-likeness (QED) is 0.466. The smallest absolute Gasteiger partial charge is 0.234 e. The van der Waals surface area contributed by atoms with Gasteiger partial charge in [-0.2, -0.15) is 4.89 Å². The molecule has 1 N–H and O–H groups in total. The number of hydrogen-bond donors (Lipinski definition) is 1. The van der Waals surface area contributed by atoms with E-state index >= 15 is 0 Å². The third-order valence-corrected chi connectivity index (χ3v) is 2.02. The first kappa shape index (κ1) is 10.6. The summed E-state index contributed by atoms with van der Waals surface area (Å²) < 4.78 is 10.5. The number of hydrogen-bond acceptors (Lipinski definition) is 3. The first-order chi connectivity index (χ1) is 6.61. The van der Waals surface area contributed by atoms with E-state index in [9.17, 15) is 14.7 Å². The molecule has 0 aliphatic carbocycles. The number of hydrazine groups is 1. The molecular weight excluding hydrogens is 207 g/mol. The number of nitro groups is 1. The molecule has 0 heterocycles. The van der Waals surface area contributed by atoms with Crippen LogP contribution < -0.4 is 5.01 Å². The number of rotatable bonds is 4. The first-order valence-electron chi connectivity index (χ1n) is 3.71. The number of anilines is 1. The molecule has 74 valence electrons. The van der Waals surface area contributed by atoms with Crippen LogP contribution in [0.3, 0.4) is 0 Å². The summed E-state index contributed by atoms with van der Waals surface area (Å²) in [5.41, 5.74) is 0.287. The second kappa shape index (κ2) is 4.64. The minimum atomic E-state index is -2.56. The maximum Gasteiger partial charge on any atom is 0.533 e. The SMILES string of the molecule is O=[N+]([O-])N(C[P+](=O)O)c1ccccc1. The summed E-state index contributed by atoms with van der Waals surface area (Å²) in [7, 11) is -2.56. The van der Waals surface area contributed by atoms with Crippen LogP contribution in [0, 0.1) is 10.1 Å². The van der Waals surface area contributed by atoms with Crippen LogP contribution >= 0.6 is 8.03 Å². The Morgan fingerprint density at radius 2 is 2.00 bits per heavy atom. The van der Waals surface area contributed by atoms with E-state index in [1.807, 2.05) is 0 Å². The Hall–Kier alpha value is -1.52. The van der Waals surface area contributed by atoms with Gasteiger partial charge in [-0.3, -0.25) is 0 Å². The predicted octanol–water partition coefficient (Wildman–Crippen LogP) is 1.38. The van der Waals surface area contributed by atoms with Crippen LogP contribution in [-0.2, 0) is 4.57 Å². The molecule has 14 heavy (non-hydrogen) atoms. The zero-order valence-electron chi connectivity index (χ0n) is 7.11. The van der Waals surface area contributed by atoms with Crippen LogP contribution in [0.15, 0.2) is 30.3 Å². The fourth-order valence-corrected chi connectivity index (χ4v) is 1.44. The molecule has 1 rings (SSSR count). The maximum atomic E-state index is 10.5. The van der Waals surface area contributed by atoms with Gasteiger partial charge in [0.15, 0.2) is 5.03 Å². The van der Waals surface area contributed by atoms with E-state index in [1.165, 1.54) is 12.1 Å². The maximum absolute atomic E-state index is 10.5. The molecule has 7 heteroatoms. The molecular formula is C7H8N2O4P+. The molecule has 0 saturated heterocycles. The fraction of sp³-hybridized carbons (Fsp3) is 0.143. The summed E-state index contributed by atoms with van der Waals surface area (Å²) in [5, 5.41) is 10.5. The van der Waals surface area contributed by atoms with Gasteiger partial charge >= 0.3 is 14.3 Å². The van der Waals surface area contributed by atoms with E-state index in [4.69, 9.17) is 4.89 Å². The van der Waals surface area contributed by atoms with Crippen LogP contribution in [-0.4, -0.2) is 16.2 Å². The van der Waals surface area contributed by atoms with Crippen molar-refractivity contribution in [1.82, 2.24) is 0 Å². The van der Waals surface area contributed by atoms with Crippen LogP contribution in [0.25, 0.3) is 0 Å². The molecule has 6 nitrogen and oxygen atoms in total. The third kappa shape index (κ3) is 2.76. The van der Waals surface area contributed by atoms with Gasteiger partial charge in [0.25, 0.3) is 0 Å². The molecule has 0 aliphatic rings. The van der Waals surface area contributed by atoms with Crippen molar-refractivity contribution in [3.05, 3.63) is 40.4 Å². The number of benzene rings is 1. The Balaban J connectivity index is 2.89. The number of para-hydroxylation sites is 1. The lowest BCUT2D eigenvalue weighted by atomic mass is 10.3. The van der Waals surface area contributed by atoms with Crippen molar-refractivity contribution in [2.45, 2.75) is 0 Å². The number of nitrogens with zero attached hydrogens (tertiary/aromatic N) is 2. The van der Waals surface area contributed by atoms with Gasteiger partial charge < -0.3 is 0 Å². The lowest BCUT2D eigenvalue weighted by Crippen LogP contribution is -2.29. The lowest BCUT2D eigenvalue weighted by Gasteiger charge is -2.06. The molecule has 0 aromatic heterocycles. The highest BCUT2D eigenvalue weighted by Crippen LogP contribution is 2.21. The highest BCUT2D eigenvalue weighted by Gasteiger charge is 2.27. The van der Waals surface area contributed by atoms with Crippen molar-refractivity contribution >= 4 is 13.7 Å². The van der Waals surface area contributed by atoms with Crippen LogP contribution in [0.5, 0.6) is 0 Å². The zero-order chi connectivity index (χ0) is 10.6. The average Bonchev–Trinajstić information content (AvgIpc) is 2.15. The van der Waals surface area contributed by atoms with Crippen molar-refractivity contribution < 1.29 is 14.5 Å². The molecule has 0 bridgehead atoms. The molecule has 1 aromatic carbocycles. The molecule has 1 aromatic rings. The molecule has 1 unspecified atom stereocenters.